The maximum atomic E-state index is 12.8. The fourth-order valence-electron chi connectivity index (χ4n) is 2.56. The molecule has 0 radical (unpaired) electrons. The number of rotatable bonds is 9. The van der Waals surface area contributed by atoms with Crippen molar-refractivity contribution >= 4 is 29.1 Å². The van der Waals surface area contributed by atoms with E-state index in [2.05, 4.69) is 15.6 Å². The number of aromatic nitrogens is 1. The van der Waals surface area contributed by atoms with Crippen LogP contribution in [0.25, 0.3) is 0 Å². The zero-order valence-corrected chi connectivity index (χ0v) is 19.3. The van der Waals surface area contributed by atoms with Crippen LogP contribution in [0.5, 0.6) is 0 Å². The van der Waals surface area contributed by atoms with E-state index in [1.807, 2.05) is 30.3 Å². The number of nitrogens with zero attached hydrogens (tertiary/aromatic N) is 1. The van der Waals surface area contributed by atoms with Gasteiger partial charge >= 0.3 is 12.2 Å². The second-order valence-electron chi connectivity index (χ2n) is 7.93. The van der Waals surface area contributed by atoms with Crippen molar-refractivity contribution < 1.29 is 23.9 Å². The van der Waals surface area contributed by atoms with E-state index < -0.39 is 23.8 Å². The van der Waals surface area contributed by atoms with Gasteiger partial charge in [0.25, 0.3) is 0 Å². The van der Waals surface area contributed by atoms with Gasteiger partial charge < -0.3 is 20.1 Å². The van der Waals surface area contributed by atoms with E-state index in [0.717, 1.165) is 22.2 Å². The lowest BCUT2D eigenvalue weighted by atomic mass is 10.2. The van der Waals surface area contributed by atoms with Crippen LogP contribution < -0.4 is 10.6 Å². The Morgan fingerprint density at radius 2 is 1.72 bits per heavy atom. The van der Waals surface area contributed by atoms with Gasteiger partial charge in [-0.2, -0.15) is 0 Å². The molecule has 0 aliphatic rings. The maximum absolute atomic E-state index is 12.8. The molecule has 32 heavy (non-hydrogen) atoms. The normalized spacial score (nSPS) is 11.8. The summed E-state index contributed by atoms with van der Waals surface area (Å²) in [7, 11) is 0. The van der Waals surface area contributed by atoms with Crippen molar-refractivity contribution in [1.82, 2.24) is 15.6 Å². The number of alkyl carbamates (subject to hydrolysis) is 2. The van der Waals surface area contributed by atoms with Gasteiger partial charge in [0.05, 0.1) is 0 Å². The summed E-state index contributed by atoms with van der Waals surface area (Å²) < 4.78 is 10.4. The minimum Gasteiger partial charge on any atom is -0.445 e. The first-order valence-corrected chi connectivity index (χ1v) is 11.1. The number of pyridine rings is 1. The Kier molecular flexibility index (Phi) is 10.0. The molecule has 0 aliphatic heterocycles. The van der Waals surface area contributed by atoms with Gasteiger partial charge in [-0.25, -0.2) is 9.59 Å². The first-order chi connectivity index (χ1) is 15.2. The number of thioether (sulfide) groups is 1. The minimum absolute atomic E-state index is 0.102. The summed E-state index contributed by atoms with van der Waals surface area (Å²) in [5.74, 6) is 0. The standard InChI is InChI=1S/C23H29N3O5S/c1-23(2,3)31-21(28)25-13-7-10-19(20(27)32-18-11-14-24-15-12-18)26-22(29)30-16-17-8-5-4-6-9-17/h4-6,8-9,11-12,14-15,19H,7,10,13,16H2,1-3H3,(H,25,28)(H,26,29)/t19-/m0/s1. The summed E-state index contributed by atoms with van der Waals surface area (Å²) in [5, 5.41) is 5.06. The minimum atomic E-state index is -0.781. The van der Waals surface area contributed by atoms with Crippen LogP contribution in [0.3, 0.4) is 0 Å². The molecule has 0 bridgehead atoms. The molecule has 172 valence electrons. The van der Waals surface area contributed by atoms with Crippen molar-refractivity contribution in [3.05, 3.63) is 60.4 Å². The molecule has 9 heteroatoms. The summed E-state index contributed by atoms with van der Waals surface area (Å²) in [6, 6.07) is 11.9. The highest BCUT2D eigenvalue weighted by Crippen LogP contribution is 2.20. The molecule has 2 aromatic rings. The van der Waals surface area contributed by atoms with Crippen molar-refractivity contribution in [2.75, 3.05) is 6.54 Å². The molecular weight excluding hydrogens is 430 g/mol. The average Bonchev–Trinajstić information content (AvgIpc) is 2.74. The molecule has 1 atom stereocenters. The molecule has 1 heterocycles. The van der Waals surface area contributed by atoms with E-state index in [1.54, 1.807) is 45.3 Å². The largest absolute Gasteiger partial charge is 0.445 e. The van der Waals surface area contributed by atoms with Crippen LogP contribution in [-0.2, 0) is 20.9 Å². The van der Waals surface area contributed by atoms with Gasteiger partial charge in [-0.1, -0.05) is 30.3 Å². The number of nitrogens with one attached hydrogen (secondary N) is 2. The number of hydrogen-bond acceptors (Lipinski definition) is 7. The topological polar surface area (TPSA) is 107 Å². The van der Waals surface area contributed by atoms with Gasteiger partial charge in [0.2, 0.25) is 5.12 Å². The van der Waals surface area contributed by atoms with Crippen LogP contribution >= 0.6 is 11.8 Å². The molecule has 1 aromatic carbocycles. The van der Waals surface area contributed by atoms with Gasteiger partial charge in [-0.15, -0.1) is 0 Å². The van der Waals surface area contributed by atoms with Gasteiger partial charge in [0.15, 0.2) is 0 Å². The fraction of sp³-hybridized carbons (Fsp3) is 0.391. The van der Waals surface area contributed by atoms with Crippen molar-refractivity contribution in [3.63, 3.8) is 0 Å². The molecule has 0 spiro atoms. The lowest BCUT2D eigenvalue weighted by Gasteiger charge is -2.20. The van der Waals surface area contributed by atoms with Crippen LogP contribution in [0.1, 0.15) is 39.2 Å². The molecule has 2 amide bonds. The molecule has 8 nitrogen and oxygen atoms in total. The monoisotopic (exact) mass is 459 g/mol. The number of ether oxygens (including phenoxy) is 2. The number of benzene rings is 1. The molecule has 0 saturated carbocycles. The van der Waals surface area contributed by atoms with Crippen molar-refractivity contribution in [2.24, 2.45) is 0 Å². The van der Waals surface area contributed by atoms with E-state index in [1.165, 1.54) is 0 Å². The van der Waals surface area contributed by atoms with E-state index in [0.29, 0.717) is 19.4 Å². The third-order valence-corrected chi connectivity index (χ3v) is 4.99. The Balaban J connectivity index is 1.89. The van der Waals surface area contributed by atoms with Gasteiger partial charge in [-0.05, 0) is 63.1 Å². The number of hydrogen-bond donors (Lipinski definition) is 2. The number of amides is 2. The first-order valence-electron chi connectivity index (χ1n) is 10.3. The van der Waals surface area contributed by atoms with Crippen molar-refractivity contribution in [2.45, 2.75) is 56.8 Å². The zero-order chi connectivity index (χ0) is 23.4. The summed E-state index contributed by atoms with van der Waals surface area (Å²) in [5.41, 5.74) is 0.256. The number of carbonyl (C=O) groups excluding carboxylic acids is 3. The van der Waals surface area contributed by atoms with Crippen LogP contribution in [0.15, 0.2) is 59.8 Å². The lowest BCUT2D eigenvalue weighted by Crippen LogP contribution is -2.40. The predicted molar refractivity (Wildman–Crippen MR) is 122 cm³/mol. The summed E-state index contributed by atoms with van der Waals surface area (Å²) in [4.78, 5) is 41.5. The summed E-state index contributed by atoms with van der Waals surface area (Å²) in [6.45, 7) is 5.75. The van der Waals surface area contributed by atoms with Crippen LogP contribution in [-0.4, -0.2) is 40.5 Å². The fourth-order valence-corrected chi connectivity index (χ4v) is 3.37. The average molecular weight is 460 g/mol. The molecule has 0 fully saturated rings. The Morgan fingerprint density at radius 1 is 1.03 bits per heavy atom. The van der Waals surface area contributed by atoms with Crippen molar-refractivity contribution in [1.29, 1.82) is 0 Å². The van der Waals surface area contributed by atoms with E-state index in [4.69, 9.17) is 9.47 Å². The van der Waals surface area contributed by atoms with E-state index in [-0.39, 0.29) is 11.7 Å². The summed E-state index contributed by atoms with van der Waals surface area (Å²) in [6.07, 6.45) is 2.77. The molecule has 0 saturated heterocycles. The molecule has 0 aliphatic carbocycles. The molecule has 2 rings (SSSR count). The summed E-state index contributed by atoms with van der Waals surface area (Å²) >= 11 is 1.02. The highest BCUT2D eigenvalue weighted by molar-refractivity contribution is 8.13. The second kappa shape index (κ2) is 12.7. The van der Waals surface area contributed by atoms with Crippen LogP contribution in [0.4, 0.5) is 9.59 Å². The van der Waals surface area contributed by atoms with Crippen LogP contribution in [0, 0.1) is 0 Å². The molecule has 2 N–H and O–H groups in total. The Labute approximate surface area is 192 Å². The molecule has 0 unspecified atom stereocenters. The highest BCUT2D eigenvalue weighted by Gasteiger charge is 2.23. The Bertz CT molecular complexity index is 872. The van der Waals surface area contributed by atoms with Gasteiger partial charge in [0.1, 0.15) is 18.2 Å². The lowest BCUT2D eigenvalue weighted by molar-refractivity contribution is -0.112. The third kappa shape index (κ3) is 10.3. The van der Waals surface area contributed by atoms with E-state index in [9.17, 15) is 14.4 Å². The van der Waals surface area contributed by atoms with E-state index >= 15 is 0 Å². The second-order valence-corrected chi connectivity index (χ2v) is 9.01. The van der Waals surface area contributed by atoms with Gasteiger partial charge in [0, 0.05) is 23.8 Å². The third-order valence-electron chi connectivity index (χ3n) is 4.00. The van der Waals surface area contributed by atoms with Crippen LogP contribution in [0.2, 0.25) is 0 Å². The predicted octanol–water partition coefficient (Wildman–Crippen LogP) is 4.30. The van der Waals surface area contributed by atoms with Crippen molar-refractivity contribution in [3.8, 4) is 0 Å². The first kappa shape index (κ1) is 25.2. The zero-order valence-electron chi connectivity index (χ0n) is 18.5. The van der Waals surface area contributed by atoms with Gasteiger partial charge in [-0.3, -0.25) is 9.78 Å². The Morgan fingerprint density at radius 3 is 2.38 bits per heavy atom. The Hall–Kier alpha value is -3.07. The highest BCUT2D eigenvalue weighted by atomic mass is 32.2. The quantitative estimate of drug-likeness (QED) is 0.425. The molecule has 1 aromatic heterocycles. The SMILES string of the molecule is CC(C)(C)OC(=O)NCCC[C@H](NC(=O)OCc1ccccc1)C(=O)Sc1ccncc1. The number of carbonyl (C=O) groups is 3. The maximum Gasteiger partial charge on any atom is 0.408 e. The smallest absolute Gasteiger partial charge is 0.408 e. The molecular formula is C23H29N3O5S.